The number of ketones is 1. The zero-order valence-corrected chi connectivity index (χ0v) is 18.5. The molecular weight excluding hydrogens is 402 g/mol. The molecule has 0 radical (unpaired) electrons. The molecule has 2 atom stereocenters. The predicted octanol–water partition coefficient (Wildman–Crippen LogP) is 5.09. The van der Waals surface area contributed by atoms with Gasteiger partial charge in [-0.2, -0.15) is 0 Å². The summed E-state index contributed by atoms with van der Waals surface area (Å²) in [5.74, 6) is 1.39. The second kappa shape index (κ2) is 9.35. The maximum Gasteiger partial charge on any atom is 0.410 e. The predicted molar refractivity (Wildman–Crippen MR) is 122 cm³/mol. The minimum absolute atomic E-state index is 0.0567. The first kappa shape index (κ1) is 21.0. The zero-order chi connectivity index (χ0) is 21.9. The van der Waals surface area contributed by atoms with Crippen molar-refractivity contribution in [3.05, 3.63) is 65.2 Å². The fraction of sp³-hybridized carbons (Fsp3) is 0.481. The molecule has 5 rings (SSSR count). The molecule has 0 N–H and O–H groups in total. The summed E-state index contributed by atoms with van der Waals surface area (Å²) < 4.78 is 11.2. The minimum Gasteiger partial charge on any atom is -0.493 e. The van der Waals surface area contributed by atoms with E-state index in [0.717, 1.165) is 62.9 Å². The Balaban J connectivity index is 1.16. The lowest BCUT2D eigenvalue weighted by Crippen LogP contribution is -2.55. The van der Waals surface area contributed by atoms with E-state index >= 15 is 0 Å². The van der Waals surface area contributed by atoms with E-state index in [9.17, 15) is 9.59 Å². The van der Waals surface area contributed by atoms with Crippen LogP contribution in [0.4, 0.5) is 4.79 Å². The molecule has 1 amide bonds. The number of Topliss-reactive ketones (excluding diaryl/α,β-unsaturated/α-hetero) is 1. The number of fused-ring (bicyclic) bond motifs is 3. The van der Waals surface area contributed by atoms with E-state index in [2.05, 4.69) is 12.1 Å². The number of hydrogen-bond donors (Lipinski definition) is 0. The van der Waals surface area contributed by atoms with Crippen molar-refractivity contribution in [1.29, 1.82) is 0 Å². The van der Waals surface area contributed by atoms with Crippen LogP contribution in [0.25, 0.3) is 0 Å². The number of nitrogens with zero attached hydrogens (tertiary/aromatic N) is 1. The van der Waals surface area contributed by atoms with Crippen LogP contribution in [0, 0.1) is 5.92 Å². The van der Waals surface area contributed by atoms with Crippen LogP contribution in [0.1, 0.15) is 55.2 Å². The lowest BCUT2D eigenvalue weighted by Gasteiger charge is -2.47. The highest BCUT2D eigenvalue weighted by Crippen LogP contribution is 2.38. The van der Waals surface area contributed by atoms with Gasteiger partial charge in [-0.15, -0.1) is 0 Å². The van der Waals surface area contributed by atoms with Crippen molar-refractivity contribution in [1.82, 2.24) is 4.90 Å². The normalized spacial score (nSPS) is 23.9. The zero-order valence-electron chi connectivity index (χ0n) is 18.5. The van der Waals surface area contributed by atoms with Crippen LogP contribution in [0.5, 0.6) is 5.75 Å². The first-order valence-corrected chi connectivity index (χ1v) is 11.9. The summed E-state index contributed by atoms with van der Waals surface area (Å²) in [6.07, 6.45) is 6.67. The summed E-state index contributed by atoms with van der Waals surface area (Å²) >= 11 is 0. The molecule has 2 saturated heterocycles. The lowest BCUT2D eigenvalue weighted by molar-refractivity contribution is -0.126. The standard InChI is InChI=1S/C27H31NO4/c29-25(11-9-19-10-12-26-21(15-19)13-14-31-26)22-16-23-7-4-8-24(17-22)28(23)27(30)32-18-20-5-2-1-3-6-20/h1-3,5-6,10,12,15,22-24H,4,7-9,11,13-14,16-18H2. The fourth-order valence-electron chi connectivity index (χ4n) is 5.60. The quantitative estimate of drug-likeness (QED) is 0.637. The first-order chi connectivity index (χ1) is 15.7. The van der Waals surface area contributed by atoms with Crippen LogP contribution in [0.3, 0.4) is 0 Å². The van der Waals surface area contributed by atoms with E-state index in [1.807, 2.05) is 41.3 Å². The maximum atomic E-state index is 13.1. The van der Waals surface area contributed by atoms with Gasteiger partial charge in [-0.25, -0.2) is 4.79 Å². The summed E-state index contributed by atoms with van der Waals surface area (Å²) in [6.45, 7) is 1.05. The van der Waals surface area contributed by atoms with Crippen LogP contribution in [-0.4, -0.2) is 35.5 Å². The van der Waals surface area contributed by atoms with E-state index in [4.69, 9.17) is 9.47 Å². The van der Waals surface area contributed by atoms with Crippen LogP contribution < -0.4 is 4.74 Å². The molecule has 3 aliphatic rings. The van der Waals surface area contributed by atoms with E-state index in [-0.39, 0.29) is 24.1 Å². The van der Waals surface area contributed by atoms with Gasteiger partial charge in [0.2, 0.25) is 0 Å². The molecule has 0 saturated carbocycles. The second-order valence-electron chi connectivity index (χ2n) is 9.36. The molecule has 0 aromatic heterocycles. The topological polar surface area (TPSA) is 55.8 Å². The van der Waals surface area contributed by atoms with Gasteiger partial charge in [0.05, 0.1) is 6.61 Å². The van der Waals surface area contributed by atoms with Gasteiger partial charge in [0, 0.05) is 30.8 Å². The van der Waals surface area contributed by atoms with Gasteiger partial charge in [-0.05, 0) is 61.3 Å². The number of benzene rings is 2. The highest BCUT2D eigenvalue weighted by Gasteiger charge is 2.43. The van der Waals surface area contributed by atoms with Crippen molar-refractivity contribution in [2.45, 2.75) is 70.1 Å². The van der Waals surface area contributed by atoms with E-state index in [0.29, 0.717) is 18.8 Å². The van der Waals surface area contributed by atoms with Crippen molar-refractivity contribution in [3.63, 3.8) is 0 Å². The van der Waals surface area contributed by atoms with Crippen LogP contribution >= 0.6 is 0 Å². The van der Waals surface area contributed by atoms with Crippen LogP contribution in [-0.2, 0) is 29.0 Å². The Morgan fingerprint density at radius 1 is 1.00 bits per heavy atom. The molecule has 2 unspecified atom stereocenters. The molecule has 3 aliphatic heterocycles. The Bertz CT molecular complexity index is 959. The number of hydrogen-bond acceptors (Lipinski definition) is 4. The number of piperidine rings is 2. The lowest BCUT2D eigenvalue weighted by atomic mass is 9.76. The molecule has 5 nitrogen and oxygen atoms in total. The number of carbonyl (C=O) groups excluding carboxylic acids is 2. The van der Waals surface area contributed by atoms with E-state index in [1.54, 1.807) is 0 Å². The van der Waals surface area contributed by atoms with Gasteiger partial charge in [0.25, 0.3) is 0 Å². The Morgan fingerprint density at radius 2 is 1.78 bits per heavy atom. The summed E-state index contributed by atoms with van der Waals surface area (Å²) in [7, 11) is 0. The largest absolute Gasteiger partial charge is 0.493 e. The third-order valence-corrected chi connectivity index (χ3v) is 7.26. The summed E-state index contributed by atoms with van der Waals surface area (Å²) in [5, 5.41) is 0. The molecule has 2 fully saturated rings. The molecule has 0 spiro atoms. The van der Waals surface area contributed by atoms with Crippen molar-refractivity contribution in [2.75, 3.05) is 6.61 Å². The van der Waals surface area contributed by atoms with Gasteiger partial charge in [-0.1, -0.05) is 42.5 Å². The molecule has 3 heterocycles. The highest BCUT2D eigenvalue weighted by atomic mass is 16.6. The third-order valence-electron chi connectivity index (χ3n) is 7.26. The van der Waals surface area contributed by atoms with Crippen molar-refractivity contribution in [2.24, 2.45) is 5.92 Å². The van der Waals surface area contributed by atoms with Crippen molar-refractivity contribution < 1.29 is 19.1 Å². The molecule has 0 aliphatic carbocycles. The van der Waals surface area contributed by atoms with E-state index in [1.165, 1.54) is 11.1 Å². The monoisotopic (exact) mass is 433 g/mol. The number of amides is 1. The molecular formula is C27H31NO4. The molecule has 168 valence electrons. The van der Waals surface area contributed by atoms with Gasteiger partial charge in [0.15, 0.2) is 0 Å². The highest BCUT2D eigenvalue weighted by molar-refractivity contribution is 5.82. The van der Waals surface area contributed by atoms with Crippen LogP contribution in [0.15, 0.2) is 48.5 Å². The number of aryl methyl sites for hydroxylation is 1. The fourth-order valence-corrected chi connectivity index (χ4v) is 5.60. The summed E-state index contributed by atoms with van der Waals surface area (Å²) in [5.41, 5.74) is 3.46. The average molecular weight is 434 g/mol. The Hall–Kier alpha value is -2.82. The smallest absolute Gasteiger partial charge is 0.410 e. The molecule has 5 heteroatoms. The molecule has 2 aromatic carbocycles. The molecule has 2 bridgehead atoms. The summed E-state index contributed by atoms with van der Waals surface area (Å²) in [4.78, 5) is 27.9. The number of carbonyl (C=O) groups is 2. The second-order valence-corrected chi connectivity index (χ2v) is 9.36. The van der Waals surface area contributed by atoms with Gasteiger partial charge < -0.3 is 14.4 Å². The number of rotatable bonds is 6. The first-order valence-electron chi connectivity index (χ1n) is 11.9. The van der Waals surface area contributed by atoms with Gasteiger partial charge in [-0.3, -0.25) is 4.79 Å². The molecule has 32 heavy (non-hydrogen) atoms. The van der Waals surface area contributed by atoms with Gasteiger partial charge >= 0.3 is 6.09 Å². The van der Waals surface area contributed by atoms with E-state index < -0.39 is 0 Å². The number of ether oxygens (including phenoxy) is 2. The SMILES string of the molecule is O=C(CCc1ccc2c(c1)CCO2)C1CC2CCCC(C1)N2C(=O)OCc1ccccc1. The Labute approximate surface area is 189 Å². The van der Waals surface area contributed by atoms with Gasteiger partial charge in [0.1, 0.15) is 18.1 Å². The maximum absolute atomic E-state index is 13.1. The average Bonchev–Trinajstić information content (AvgIpc) is 3.29. The van der Waals surface area contributed by atoms with Crippen molar-refractivity contribution >= 4 is 11.9 Å². The summed E-state index contributed by atoms with van der Waals surface area (Å²) in [6, 6.07) is 16.3. The Morgan fingerprint density at radius 3 is 2.56 bits per heavy atom. The van der Waals surface area contributed by atoms with Crippen molar-refractivity contribution in [3.8, 4) is 5.75 Å². The minimum atomic E-state index is -0.227. The third kappa shape index (κ3) is 4.52. The van der Waals surface area contributed by atoms with Crippen LogP contribution in [0.2, 0.25) is 0 Å². The molecule has 2 aromatic rings. The Kier molecular flexibility index (Phi) is 6.15.